The summed E-state index contributed by atoms with van der Waals surface area (Å²) in [5.41, 5.74) is 25.0. The molecule has 0 aliphatic carbocycles. The van der Waals surface area contributed by atoms with Crippen LogP contribution in [0, 0.1) is 0 Å². The molecule has 1 atom stereocenters. The van der Waals surface area contributed by atoms with Crippen molar-refractivity contribution in [2.24, 2.45) is 0 Å². The molecule has 6 heteroatoms. The number of pyridine rings is 1. The Kier molecular flexibility index (Phi) is 4.95. The molecule has 7 N–H and O–H groups in total. The van der Waals surface area contributed by atoms with Crippen molar-refractivity contribution in [2.75, 3.05) is 17.2 Å². The maximum Gasteiger partial charge on any atom is 0.149 e. The van der Waals surface area contributed by atoms with Gasteiger partial charge in [0.2, 0.25) is 0 Å². The van der Waals surface area contributed by atoms with E-state index in [1.807, 2.05) is 42.5 Å². The van der Waals surface area contributed by atoms with Crippen LogP contribution < -0.4 is 17.2 Å². The van der Waals surface area contributed by atoms with Crippen LogP contribution in [0.5, 0.6) is 0 Å². The van der Waals surface area contributed by atoms with Gasteiger partial charge in [0.15, 0.2) is 0 Å². The van der Waals surface area contributed by atoms with Crippen molar-refractivity contribution in [1.29, 1.82) is 0 Å². The molecule has 0 saturated heterocycles. The Hall–Kier alpha value is -4.32. The number of rotatable bonds is 5. The first-order valence-electron chi connectivity index (χ1n) is 10.5. The molecular formula is C26H24N6. The Morgan fingerprint density at radius 1 is 0.750 bits per heavy atom. The Morgan fingerprint density at radius 3 is 2.22 bits per heavy atom. The molecule has 0 saturated carbocycles. The minimum atomic E-state index is -0.0713. The van der Waals surface area contributed by atoms with E-state index in [0.29, 0.717) is 17.9 Å². The van der Waals surface area contributed by atoms with Gasteiger partial charge in [-0.1, -0.05) is 66.7 Å². The SMILES string of the molecule is Nc1cc([C@H](Cc2nc3ccc(-c4ccccc4)cc3[nH]2)c2ccccc2)c(N)c(N)n1. The number of anilines is 3. The van der Waals surface area contributed by atoms with Crippen LogP contribution in [0.1, 0.15) is 22.9 Å². The zero-order chi connectivity index (χ0) is 22.1. The number of nitrogen functional groups attached to an aromatic ring is 3. The fourth-order valence-corrected chi connectivity index (χ4v) is 4.16. The number of nitrogens with zero attached hydrogens (tertiary/aromatic N) is 2. The van der Waals surface area contributed by atoms with Crippen LogP contribution in [0.15, 0.2) is 84.9 Å². The number of imidazole rings is 1. The number of H-pyrrole nitrogens is 1. The third kappa shape index (κ3) is 3.74. The molecule has 2 heterocycles. The van der Waals surface area contributed by atoms with Gasteiger partial charge in [-0.25, -0.2) is 9.97 Å². The number of nitrogens with one attached hydrogen (secondary N) is 1. The molecule has 6 nitrogen and oxygen atoms in total. The average molecular weight is 421 g/mol. The largest absolute Gasteiger partial charge is 0.396 e. The van der Waals surface area contributed by atoms with Gasteiger partial charge in [-0.15, -0.1) is 0 Å². The first-order chi connectivity index (χ1) is 15.6. The van der Waals surface area contributed by atoms with E-state index >= 15 is 0 Å². The number of aromatic nitrogens is 3. The molecule has 0 amide bonds. The zero-order valence-corrected chi connectivity index (χ0v) is 17.5. The molecule has 0 spiro atoms. The van der Waals surface area contributed by atoms with Gasteiger partial charge in [0, 0.05) is 12.3 Å². The predicted octanol–water partition coefficient (Wildman–Crippen LogP) is 4.75. The van der Waals surface area contributed by atoms with Gasteiger partial charge >= 0.3 is 0 Å². The van der Waals surface area contributed by atoms with E-state index in [0.717, 1.165) is 33.5 Å². The van der Waals surface area contributed by atoms with Gasteiger partial charge in [-0.3, -0.25) is 0 Å². The van der Waals surface area contributed by atoms with E-state index in [1.165, 1.54) is 5.56 Å². The average Bonchev–Trinajstić information content (AvgIpc) is 3.23. The van der Waals surface area contributed by atoms with E-state index in [-0.39, 0.29) is 11.7 Å². The monoisotopic (exact) mass is 420 g/mol. The summed E-state index contributed by atoms with van der Waals surface area (Å²) in [7, 11) is 0. The molecule has 2 aromatic heterocycles. The van der Waals surface area contributed by atoms with Gasteiger partial charge in [0.05, 0.1) is 16.7 Å². The maximum atomic E-state index is 6.33. The van der Waals surface area contributed by atoms with Crippen LogP contribution in [0.4, 0.5) is 17.3 Å². The van der Waals surface area contributed by atoms with Crippen molar-refractivity contribution in [1.82, 2.24) is 15.0 Å². The second-order valence-corrected chi connectivity index (χ2v) is 7.88. The van der Waals surface area contributed by atoms with Gasteiger partial charge < -0.3 is 22.2 Å². The molecule has 3 aromatic carbocycles. The molecule has 0 aliphatic heterocycles. The van der Waals surface area contributed by atoms with E-state index in [4.69, 9.17) is 22.2 Å². The molecule has 0 aliphatic rings. The number of hydrogen-bond donors (Lipinski definition) is 4. The van der Waals surface area contributed by atoms with Crippen LogP contribution in [0.2, 0.25) is 0 Å². The van der Waals surface area contributed by atoms with Crippen molar-refractivity contribution in [3.05, 3.63) is 102 Å². The molecule has 0 unspecified atom stereocenters. The zero-order valence-electron chi connectivity index (χ0n) is 17.5. The fourth-order valence-electron chi connectivity index (χ4n) is 4.16. The third-order valence-electron chi connectivity index (χ3n) is 5.75. The lowest BCUT2D eigenvalue weighted by molar-refractivity contribution is 0.770. The van der Waals surface area contributed by atoms with E-state index in [9.17, 15) is 0 Å². The van der Waals surface area contributed by atoms with E-state index in [1.54, 1.807) is 6.07 Å². The number of fused-ring (bicyclic) bond motifs is 1. The van der Waals surface area contributed by atoms with Crippen LogP contribution in [-0.2, 0) is 6.42 Å². The molecule has 32 heavy (non-hydrogen) atoms. The molecule has 5 aromatic rings. The number of benzene rings is 3. The van der Waals surface area contributed by atoms with Crippen molar-refractivity contribution in [2.45, 2.75) is 12.3 Å². The summed E-state index contributed by atoms with van der Waals surface area (Å²) in [5, 5.41) is 0. The first kappa shape index (κ1) is 19.6. The highest BCUT2D eigenvalue weighted by Crippen LogP contribution is 2.35. The summed E-state index contributed by atoms with van der Waals surface area (Å²) in [4.78, 5) is 12.4. The Morgan fingerprint density at radius 2 is 1.47 bits per heavy atom. The van der Waals surface area contributed by atoms with Gasteiger partial charge in [0.25, 0.3) is 0 Å². The van der Waals surface area contributed by atoms with Crippen LogP contribution in [0.3, 0.4) is 0 Å². The van der Waals surface area contributed by atoms with E-state index in [2.05, 4.69) is 46.4 Å². The molecule has 0 radical (unpaired) electrons. The summed E-state index contributed by atoms with van der Waals surface area (Å²) in [6, 6.07) is 28.6. The Labute approximate surface area is 186 Å². The summed E-state index contributed by atoms with van der Waals surface area (Å²) in [6.07, 6.45) is 0.618. The standard InChI is InChI=1S/C26H24N6/c27-23-14-20(25(28)26(29)32-23)19(17-9-5-2-6-10-17)15-24-30-21-12-11-18(13-22(21)31-24)16-7-3-1-4-8-16/h1-14,19H,15,28H2,(H,30,31)(H4,27,29,32)/t19-/m1/s1. The van der Waals surface area contributed by atoms with Crippen molar-refractivity contribution in [3.8, 4) is 11.1 Å². The lowest BCUT2D eigenvalue weighted by atomic mass is 9.87. The third-order valence-corrected chi connectivity index (χ3v) is 5.75. The predicted molar refractivity (Wildman–Crippen MR) is 131 cm³/mol. The number of aromatic amines is 1. The van der Waals surface area contributed by atoms with Crippen molar-refractivity contribution in [3.63, 3.8) is 0 Å². The summed E-state index contributed by atoms with van der Waals surface area (Å²) < 4.78 is 0. The highest BCUT2D eigenvalue weighted by atomic mass is 14.9. The maximum absolute atomic E-state index is 6.33. The second-order valence-electron chi connectivity index (χ2n) is 7.88. The number of hydrogen-bond acceptors (Lipinski definition) is 5. The molecule has 0 fully saturated rings. The van der Waals surface area contributed by atoms with E-state index < -0.39 is 0 Å². The van der Waals surface area contributed by atoms with Gasteiger partial charge in [-0.2, -0.15) is 0 Å². The van der Waals surface area contributed by atoms with Crippen LogP contribution in [0.25, 0.3) is 22.2 Å². The highest BCUT2D eigenvalue weighted by Gasteiger charge is 2.21. The molecule has 0 bridgehead atoms. The topological polar surface area (TPSA) is 120 Å². The van der Waals surface area contributed by atoms with Gasteiger partial charge in [0.1, 0.15) is 17.5 Å². The molecule has 158 valence electrons. The minimum absolute atomic E-state index is 0.0713. The second kappa shape index (κ2) is 8.07. The van der Waals surface area contributed by atoms with Crippen LogP contribution in [-0.4, -0.2) is 15.0 Å². The Bertz CT molecular complexity index is 1380. The number of nitrogens with two attached hydrogens (primary N) is 3. The summed E-state index contributed by atoms with van der Waals surface area (Å²) in [6.45, 7) is 0. The highest BCUT2D eigenvalue weighted by molar-refractivity contribution is 5.82. The minimum Gasteiger partial charge on any atom is -0.396 e. The molecular weight excluding hydrogens is 396 g/mol. The van der Waals surface area contributed by atoms with Crippen molar-refractivity contribution >= 4 is 28.4 Å². The fraction of sp³-hybridized carbons (Fsp3) is 0.0769. The summed E-state index contributed by atoms with van der Waals surface area (Å²) >= 11 is 0. The van der Waals surface area contributed by atoms with Crippen LogP contribution >= 0.6 is 0 Å². The quantitative estimate of drug-likeness (QED) is 0.327. The lowest BCUT2D eigenvalue weighted by Gasteiger charge is -2.20. The smallest absolute Gasteiger partial charge is 0.149 e. The van der Waals surface area contributed by atoms with Crippen molar-refractivity contribution < 1.29 is 0 Å². The normalized spacial score (nSPS) is 12.1. The molecule has 5 rings (SSSR count). The Balaban J connectivity index is 1.55. The lowest BCUT2D eigenvalue weighted by Crippen LogP contribution is -2.12. The summed E-state index contributed by atoms with van der Waals surface area (Å²) in [5.74, 6) is 1.40. The van der Waals surface area contributed by atoms with Gasteiger partial charge in [-0.05, 0) is 40.5 Å². The first-order valence-corrected chi connectivity index (χ1v) is 10.5.